The molecule has 1 aromatic heterocycles. The van der Waals surface area contributed by atoms with E-state index in [1.807, 2.05) is 67.6 Å². The molecule has 0 aliphatic rings. The van der Waals surface area contributed by atoms with Gasteiger partial charge in [0, 0.05) is 16.8 Å². The molecule has 0 aliphatic heterocycles. The molecule has 4 N–H and O–H groups in total. The Morgan fingerprint density at radius 2 is 1.70 bits per heavy atom. The first-order chi connectivity index (χ1) is 14.5. The van der Waals surface area contributed by atoms with Crippen molar-refractivity contribution >= 4 is 44.6 Å². The second kappa shape index (κ2) is 8.39. The Bertz CT molecular complexity index is 1230. The molecule has 4 rings (SSSR count). The van der Waals surface area contributed by atoms with Crippen LogP contribution in [-0.2, 0) is 6.54 Å². The zero-order valence-electron chi connectivity index (χ0n) is 16.4. The van der Waals surface area contributed by atoms with E-state index >= 15 is 0 Å². The third-order valence-electron chi connectivity index (χ3n) is 4.78. The van der Waals surface area contributed by atoms with Crippen LogP contribution in [0.4, 0.5) is 11.4 Å². The van der Waals surface area contributed by atoms with Gasteiger partial charge in [-0.05, 0) is 54.3 Å². The number of nitrogens with one attached hydrogen (secondary N) is 2. The first-order valence-electron chi connectivity index (χ1n) is 9.53. The number of thiophene rings is 1. The number of rotatable bonds is 5. The number of carbonyl (C=O) groups is 2. The quantitative estimate of drug-likeness (QED) is 0.402. The summed E-state index contributed by atoms with van der Waals surface area (Å²) >= 11 is 1.41. The van der Waals surface area contributed by atoms with Gasteiger partial charge in [-0.1, -0.05) is 42.0 Å². The zero-order chi connectivity index (χ0) is 21.1. The number of benzene rings is 3. The Labute approximate surface area is 178 Å². The number of amides is 2. The number of nitrogen functional groups attached to an aromatic ring is 1. The fourth-order valence-corrected chi connectivity index (χ4v) is 4.10. The fraction of sp³-hybridized carbons (Fsp3) is 0.0833. The molecule has 150 valence electrons. The number of nitrogens with two attached hydrogens (primary N) is 1. The summed E-state index contributed by atoms with van der Waals surface area (Å²) in [6.45, 7) is 2.41. The third-order valence-corrected chi connectivity index (χ3v) is 5.88. The summed E-state index contributed by atoms with van der Waals surface area (Å²) in [6, 6.07) is 22.4. The standard InChI is InChI=1S/C24H21N3O2S/c1-15-6-9-17(10-7-15)23(28)26-14-16-8-11-18-13-22(30-21(18)12-16)24(29)27-20-5-3-2-4-19(20)25/h2-13H,14,25H2,1H3,(H,26,28)(H,27,29). The minimum absolute atomic E-state index is 0.109. The third kappa shape index (κ3) is 4.34. The lowest BCUT2D eigenvalue weighted by Gasteiger charge is -2.06. The van der Waals surface area contributed by atoms with Crippen molar-refractivity contribution in [1.82, 2.24) is 5.32 Å². The van der Waals surface area contributed by atoms with E-state index in [-0.39, 0.29) is 11.8 Å². The van der Waals surface area contributed by atoms with Gasteiger partial charge >= 0.3 is 0 Å². The molecule has 0 spiro atoms. The van der Waals surface area contributed by atoms with E-state index in [4.69, 9.17) is 5.73 Å². The molecular weight excluding hydrogens is 394 g/mol. The first kappa shape index (κ1) is 19.7. The lowest BCUT2D eigenvalue weighted by molar-refractivity contribution is 0.0950. The molecule has 1 heterocycles. The maximum atomic E-state index is 12.6. The van der Waals surface area contributed by atoms with Crippen molar-refractivity contribution < 1.29 is 9.59 Å². The van der Waals surface area contributed by atoms with Crippen molar-refractivity contribution in [1.29, 1.82) is 0 Å². The highest BCUT2D eigenvalue weighted by Crippen LogP contribution is 2.28. The van der Waals surface area contributed by atoms with Crippen molar-refractivity contribution in [2.75, 3.05) is 11.1 Å². The van der Waals surface area contributed by atoms with Gasteiger partial charge in [0.2, 0.25) is 0 Å². The Morgan fingerprint density at radius 1 is 0.933 bits per heavy atom. The molecule has 4 aromatic rings. The van der Waals surface area contributed by atoms with Crippen LogP contribution in [0.5, 0.6) is 0 Å². The Balaban J connectivity index is 1.45. The number of carbonyl (C=O) groups excluding carboxylic acids is 2. The van der Waals surface area contributed by atoms with Crippen LogP contribution in [0.25, 0.3) is 10.1 Å². The van der Waals surface area contributed by atoms with Crippen LogP contribution in [0.1, 0.15) is 31.2 Å². The number of hydrogen-bond acceptors (Lipinski definition) is 4. The molecule has 5 nitrogen and oxygen atoms in total. The molecular formula is C24H21N3O2S. The summed E-state index contributed by atoms with van der Waals surface area (Å²) in [7, 11) is 0. The van der Waals surface area contributed by atoms with Gasteiger partial charge in [0.15, 0.2) is 0 Å². The normalized spacial score (nSPS) is 10.7. The second-order valence-corrected chi connectivity index (χ2v) is 8.16. The Hall–Kier alpha value is -3.64. The van der Waals surface area contributed by atoms with Crippen LogP contribution >= 0.6 is 11.3 Å². The van der Waals surface area contributed by atoms with Gasteiger partial charge in [0.1, 0.15) is 0 Å². The van der Waals surface area contributed by atoms with Crippen LogP contribution in [0.3, 0.4) is 0 Å². The number of aryl methyl sites for hydroxylation is 1. The molecule has 0 saturated carbocycles. The summed E-state index contributed by atoms with van der Waals surface area (Å²) in [6.07, 6.45) is 0. The molecule has 0 saturated heterocycles. The van der Waals surface area contributed by atoms with E-state index in [0.717, 1.165) is 21.2 Å². The zero-order valence-corrected chi connectivity index (χ0v) is 17.3. The van der Waals surface area contributed by atoms with E-state index in [1.54, 1.807) is 12.1 Å². The van der Waals surface area contributed by atoms with Gasteiger partial charge in [-0.2, -0.15) is 0 Å². The van der Waals surface area contributed by atoms with Crippen LogP contribution in [-0.4, -0.2) is 11.8 Å². The molecule has 0 atom stereocenters. The van der Waals surface area contributed by atoms with Crippen LogP contribution in [0.15, 0.2) is 72.8 Å². The smallest absolute Gasteiger partial charge is 0.265 e. The molecule has 6 heteroatoms. The summed E-state index contributed by atoms with van der Waals surface area (Å²) in [5, 5.41) is 6.78. The topological polar surface area (TPSA) is 84.2 Å². The SMILES string of the molecule is Cc1ccc(C(=O)NCc2ccc3cc(C(=O)Nc4ccccc4N)sc3c2)cc1. The lowest BCUT2D eigenvalue weighted by atomic mass is 10.1. The summed E-state index contributed by atoms with van der Waals surface area (Å²) in [5.41, 5.74) is 9.75. The van der Waals surface area contributed by atoms with Crippen molar-refractivity contribution in [2.24, 2.45) is 0 Å². The highest BCUT2D eigenvalue weighted by Gasteiger charge is 2.12. The van der Waals surface area contributed by atoms with E-state index in [2.05, 4.69) is 10.6 Å². The summed E-state index contributed by atoms with van der Waals surface area (Å²) in [4.78, 5) is 25.5. The van der Waals surface area contributed by atoms with Crippen molar-refractivity contribution in [3.63, 3.8) is 0 Å². The molecule has 0 aliphatic carbocycles. The first-order valence-corrected chi connectivity index (χ1v) is 10.3. The monoisotopic (exact) mass is 415 g/mol. The lowest BCUT2D eigenvalue weighted by Crippen LogP contribution is -2.22. The number of fused-ring (bicyclic) bond motifs is 1. The van der Waals surface area contributed by atoms with E-state index in [1.165, 1.54) is 11.3 Å². The molecule has 30 heavy (non-hydrogen) atoms. The van der Waals surface area contributed by atoms with Crippen molar-refractivity contribution in [3.05, 3.63) is 94.4 Å². The number of anilines is 2. The van der Waals surface area contributed by atoms with Crippen molar-refractivity contribution in [3.8, 4) is 0 Å². The number of para-hydroxylation sites is 2. The van der Waals surface area contributed by atoms with Gasteiger partial charge in [0.25, 0.3) is 11.8 Å². The minimum Gasteiger partial charge on any atom is -0.397 e. The average molecular weight is 416 g/mol. The van der Waals surface area contributed by atoms with Crippen LogP contribution in [0.2, 0.25) is 0 Å². The van der Waals surface area contributed by atoms with Gasteiger partial charge in [0.05, 0.1) is 16.3 Å². The highest BCUT2D eigenvalue weighted by molar-refractivity contribution is 7.20. The van der Waals surface area contributed by atoms with E-state index in [0.29, 0.717) is 28.4 Å². The molecule has 3 aromatic carbocycles. The van der Waals surface area contributed by atoms with Gasteiger partial charge in [-0.15, -0.1) is 11.3 Å². The summed E-state index contributed by atoms with van der Waals surface area (Å²) in [5.74, 6) is -0.301. The second-order valence-electron chi connectivity index (χ2n) is 7.07. The predicted molar refractivity (Wildman–Crippen MR) is 123 cm³/mol. The Morgan fingerprint density at radius 3 is 2.47 bits per heavy atom. The van der Waals surface area contributed by atoms with Crippen LogP contribution < -0.4 is 16.4 Å². The van der Waals surface area contributed by atoms with Crippen molar-refractivity contribution in [2.45, 2.75) is 13.5 Å². The number of hydrogen-bond donors (Lipinski definition) is 3. The van der Waals surface area contributed by atoms with Gasteiger partial charge in [-0.25, -0.2) is 0 Å². The maximum Gasteiger partial charge on any atom is 0.265 e. The van der Waals surface area contributed by atoms with Gasteiger partial charge in [-0.3, -0.25) is 9.59 Å². The average Bonchev–Trinajstić information content (AvgIpc) is 3.18. The molecule has 2 amide bonds. The molecule has 0 bridgehead atoms. The molecule has 0 radical (unpaired) electrons. The van der Waals surface area contributed by atoms with E-state index < -0.39 is 0 Å². The van der Waals surface area contributed by atoms with Crippen LogP contribution in [0, 0.1) is 6.92 Å². The largest absolute Gasteiger partial charge is 0.397 e. The minimum atomic E-state index is -0.191. The fourth-order valence-electron chi connectivity index (χ4n) is 3.08. The highest BCUT2D eigenvalue weighted by atomic mass is 32.1. The predicted octanol–water partition coefficient (Wildman–Crippen LogP) is 4.97. The van der Waals surface area contributed by atoms with Gasteiger partial charge < -0.3 is 16.4 Å². The maximum absolute atomic E-state index is 12.6. The molecule has 0 fully saturated rings. The summed E-state index contributed by atoms with van der Waals surface area (Å²) < 4.78 is 0.989. The molecule has 0 unspecified atom stereocenters. The Kier molecular flexibility index (Phi) is 5.50. The van der Waals surface area contributed by atoms with E-state index in [9.17, 15) is 9.59 Å².